The van der Waals surface area contributed by atoms with Gasteiger partial charge in [0, 0.05) is 17.8 Å². The van der Waals surface area contributed by atoms with E-state index in [1.165, 1.54) is 19.3 Å². The van der Waals surface area contributed by atoms with E-state index < -0.39 is 0 Å². The van der Waals surface area contributed by atoms with E-state index in [1.54, 1.807) is 9.91 Å². The van der Waals surface area contributed by atoms with E-state index >= 15 is 0 Å². The van der Waals surface area contributed by atoms with E-state index in [9.17, 15) is 4.79 Å². The quantitative estimate of drug-likeness (QED) is 0.342. The second-order valence-corrected chi connectivity index (χ2v) is 9.15. The molecule has 4 N–H and O–H groups in total. The van der Waals surface area contributed by atoms with Gasteiger partial charge >= 0.3 is 6.03 Å². The summed E-state index contributed by atoms with van der Waals surface area (Å²) in [5.41, 5.74) is 10.6. The summed E-state index contributed by atoms with van der Waals surface area (Å²) >= 11 is 0. The van der Waals surface area contributed by atoms with Crippen molar-refractivity contribution >= 4 is 34.8 Å². The van der Waals surface area contributed by atoms with Gasteiger partial charge in [0.1, 0.15) is 0 Å². The molecule has 2 aliphatic heterocycles. The number of guanidine groups is 1. The number of piperidine rings is 1. The number of amides is 2. The Bertz CT molecular complexity index is 1250. The number of benzene rings is 3. The first-order chi connectivity index (χ1) is 17.6. The number of hydrazone groups is 1. The van der Waals surface area contributed by atoms with Crippen molar-refractivity contribution in [2.24, 2.45) is 10.8 Å². The van der Waals surface area contributed by atoms with Crippen LogP contribution in [0.25, 0.3) is 0 Å². The van der Waals surface area contributed by atoms with Crippen LogP contribution in [0, 0.1) is 5.41 Å². The summed E-state index contributed by atoms with van der Waals surface area (Å²) in [6, 6.07) is 25.1. The topological polar surface area (TPSA) is 101 Å². The molecule has 184 valence electrons. The lowest BCUT2D eigenvalue weighted by atomic mass is 10.0. The van der Waals surface area contributed by atoms with Crippen molar-refractivity contribution in [2.45, 2.75) is 25.8 Å². The Hall–Kier alpha value is -4.17. The summed E-state index contributed by atoms with van der Waals surface area (Å²) < 4.78 is 0. The Morgan fingerprint density at radius 3 is 2.31 bits per heavy atom. The lowest BCUT2D eigenvalue weighted by Crippen LogP contribution is -2.37. The average Bonchev–Trinajstić information content (AvgIpc) is 3.00. The summed E-state index contributed by atoms with van der Waals surface area (Å²) in [5, 5.41) is 16.8. The molecule has 0 spiro atoms. The minimum absolute atomic E-state index is 0.135. The number of fused-ring (bicyclic) bond motifs is 1. The SMILES string of the molecule is N=C(N)Nc1ccc(N2C(=O)N(Cc3ccccc3)N=C(CN3CCCCC3)c3ccccc32)cc1. The second-order valence-electron chi connectivity index (χ2n) is 9.15. The fourth-order valence-corrected chi connectivity index (χ4v) is 4.78. The van der Waals surface area contributed by atoms with Crippen LogP contribution in [0.2, 0.25) is 0 Å². The highest BCUT2D eigenvalue weighted by Crippen LogP contribution is 2.34. The fourth-order valence-electron chi connectivity index (χ4n) is 4.78. The van der Waals surface area contributed by atoms with Crippen molar-refractivity contribution in [2.75, 3.05) is 29.9 Å². The number of urea groups is 1. The molecule has 0 atom stereocenters. The van der Waals surface area contributed by atoms with E-state index in [0.717, 1.165) is 35.6 Å². The fraction of sp³-hybridized carbons (Fsp3) is 0.250. The van der Waals surface area contributed by atoms with Gasteiger partial charge in [0.05, 0.1) is 23.6 Å². The molecule has 0 aliphatic carbocycles. The molecule has 2 amide bonds. The van der Waals surface area contributed by atoms with Gasteiger partial charge in [0.2, 0.25) is 0 Å². The monoisotopic (exact) mass is 481 g/mol. The van der Waals surface area contributed by atoms with Gasteiger partial charge < -0.3 is 11.1 Å². The predicted molar refractivity (Wildman–Crippen MR) is 145 cm³/mol. The first-order valence-electron chi connectivity index (χ1n) is 12.3. The van der Waals surface area contributed by atoms with Crippen LogP contribution in [0.5, 0.6) is 0 Å². The third-order valence-electron chi connectivity index (χ3n) is 6.51. The van der Waals surface area contributed by atoms with Crippen LogP contribution in [0.4, 0.5) is 21.9 Å². The highest BCUT2D eigenvalue weighted by Gasteiger charge is 2.31. The van der Waals surface area contributed by atoms with Crippen LogP contribution in [0.1, 0.15) is 30.4 Å². The second kappa shape index (κ2) is 10.6. The molecule has 1 fully saturated rings. The lowest BCUT2D eigenvalue weighted by Gasteiger charge is -2.27. The zero-order chi connectivity index (χ0) is 24.9. The Labute approximate surface area is 211 Å². The first-order valence-corrected chi connectivity index (χ1v) is 12.3. The first kappa shape index (κ1) is 23.6. The molecule has 8 heteroatoms. The lowest BCUT2D eigenvalue weighted by molar-refractivity contribution is 0.206. The number of nitrogens with zero attached hydrogens (tertiary/aromatic N) is 4. The van der Waals surface area contributed by atoms with Crippen molar-refractivity contribution < 1.29 is 4.79 Å². The van der Waals surface area contributed by atoms with Gasteiger partial charge in [-0.05, 0) is 61.8 Å². The molecule has 36 heavy (non-hydrogen) atoms. The molecule has 2 heterocycles. The van der Waals surface area contributed by atoms with Gasteiger partial charge in [-0.15, -0.1) is 0 Å². The van der Waals surface area contributed by atoms with Gasteiger partial charge in [0.15, 0.2) is 5.96 Å². The van der Waals surface area contributed by atoms with Crippen LogP contribution in [-0.2, 0) is 6.54 Å². The summed E-state index contributed by atoms with van der Waals surface area (Å²) in [7, 11) is 0. The number of carbonyl (C=O) groups excluding carboxylic acids is 1. The molecule has 0 aromatic heterocycles. The number of para-hydroxylation sites is 1. The van der Waals surface area contributed by atoms with Gasteiger partial charge in [0.25, 0.3) is 0 Å². The van der Waals surface area contributed by atoms with Crippen LogP contribution in [-0.4, -0.2) is 47.2 Å². The summed E-state index contributed by atoms with van der Waals surface area (Å²) in [5.74, 6) is -0.135. The summed E-state index contributed by atoms with van der Waals surface area (Å²) in [6.45, 7) is 3.16. The Morgan fingerprint density at radius 2 is 1.58 bits per heavy atom. The smallest absolute Gasteiger partial charge is 0.349 e. The van der Waals surface area contributed by atoms with E-state index in [1.807, 2.05) is 72.8 Å². The molecule has 8 nitrogen and oxygen atoms in total. The number of rotatable bonds is 6. The Morgan fingerprint density at radius 1 is 0.889 bits per heavy atom. The average molecular weight is 482 g/mol. The molecule has 3 aromatic carbocycles. The van der Waals surface area contributed by atoms with Gasteiger partial charge in [-0.3, -0.25) is 15.2 Å². The van der Waals surface area contributed by atoms with Gasteiger partial charge in [-0.1, -0.05) is 55.0 Å². The highest BCUT2D eigenvalue weighted by molar-refractivity contribution is 6.13. The number of nitrogens with one attached hydrogen (secondary N) is 2. The zero-order valence-electron chi connectivity index (χ0n) is 20.2. The van der Waals surface area contributed by atoms with Crippen molar-refractivity contribution in [3.63, 3.8) is 0 Å². The molecule has 0 bridgehead atoms. The largest absolute Gasteiger partial charge is 0.370 e. The number of carbonyl (C=O) groups is 1. The predicted octanol–water partition coefficient (Wildman–Crippen LogP) is 4.96. The molecule has 3 aromatic rings. The van der Waals surface area contributed by atoms with Crippen molar-refractivity contribution in [3.05, 3.63) is 90.0 Å². The van der Waals surface area contributed by atoms with E-state index in [4.69, 9.17) is 16.2 Å². The maximum absolute atomic E-state index is 14.1. The normalized spacial score (nSPS) is 16.2. The van der Waals surface area contributed by atoms with Crippen LogP contribution < -0.4 is 16.0 Å². The molecule has 5 rings (SSSR count). The van der Waals surface area contributed by atoms with Crippen LogP contribution in [0.15, 0.2) is 84.0 Å². The van der Waals surface area contributed by atoms with Gasteiger partial charge in [-0.2, -0.15) is 5.10 Å². The Balaban J connectivity index is 1.56. The van der Waals surface area contributed by atoms with Crippen LogP contribution >= 0.6 is 0 Å². The van der Waals surface area contributed by atoms with Crippen molar-refractivity contribution in [1.82, 2.24) is 9.91 Å². The maximum Gasteiger partial charge on any atom is 0.349 e. The summed E-state index contributed by atoms with van der Waals surface area (Å²) in [6.07, 6.45) is 3.64. The highest BCUT2D eigenvalue weighted by atomic mass is 16.2. The standard InChI is InChI=1S/C28H31N7O/c29-27(30)31-22-13-15-23(16-14-22)35-26-12-6-5-11-24(26)25(20-33-17-7-2-8-18-33)32-34(28(35)36)19-21-9-3-1-4-10-21/h1,3-6,9-16H,2,7-8,17-20H2,(H4,29,30,31). The zero-order valence-corrected chi connectivity index (χ0v) is 20.2. The number of hydrogen-bond acceptors (Lipinski definition) is 4. The third-order valence-corrected chi connectivity index (χ3v) is 6.51. The van der Waals surface area contributed by atoms with E-state index in [-0.39, 0.29) is 12.0 Å². The van der Waals surface area contributed by atoms with Crippen molar-refractivity contribution in [1.29, 1.82) is 5.41 Å². The minimum Gasteiger partial charge on any atom is -0.370 e. The van der Waals surface area contributed by atoms with E-state index in [0.29, 0.717) is 24.5 Å². The van der Waals surface area contributed by atoms with E-state index in [2.05, 4.69) is 16.3 Å². The molecular weight excluding hydrogens is 450 g/mol. The maximum atomic E-state index is 14.1. The van der Waals surface area contributed by atoms with Crippen LogP contribution in [0.3, 0.4) is 0 Å². The molecule has 0 radical (unpaired) electrons. The van der Waals surface area contributed by atoms with Crippen molar-refractivity contribution in [3.8, 4) is 0 Å². The Kier molecular flexibility index (Phi) is 6.95. The summed E-state index contributed by atoms with van der Waals surface area (Å²) in [4.78, 5) is 18.2. The molecule has 0 saturated carbocycles. The minimum atomic E-state index is -0.216. The number of anilines is 3. The molecular formula is C28H31N7O. The molecule has 2 aliphatic rings. The molecule has 1 saturated heterocycles. The third kappa shape index (κ3) is 5.23. The van der Waals surface area contributed by atoms with Gasteiger partial charge in [-0.25, -0.2) is 9.80 Å². The number of likely N-dealkylation sites (tertiary alicyclic amines) is 1. The number of nitrogens with two attached hydrogens (primary N) is 1. The number of hydrogen-bond donors (Lipinski definition) is 3. The molecule has 0 unspecified atom stereocenters.